The molecule has 542 valence electrons. The minimum atomic E-state index is -2.49. The van der Waals surface area contributed by atoms with Crippen LogP contribution in [0.15, 0.2) is 78.9 Å². The van der Waals surface area contributed by atoms with Gasteiger partial charge in [-0.25, -0.2) is 27.2 Å². The van der Waals surface area contributed by atoms with Gasteiger partial charge in [-0.1, -0.05) is 340 Å². The summed E-state index contributed by atoms with van der Waals surface area (Å²) in [5.41, 5.74) is -2.36. The number of hydrogen-bond acceptors (Lipinski definition) is 7. The van der Waals surface area contributed by atoms with Crippen LogP contribution in [0.1, 0.15) is 358 Å². The third-order valence-electron chi connectivity index (χ3n) is 18.9. The Balaban J connectivity index is 1.61. The van der Waals surface area contributed by atoms with E-state index in [4.69, 9.17) is 23.7 Å². The van der Waals surface area contributed by atoms with Gasteiger partial charge in [0.05, 0.1) is 19.8 Å². The summed E-state index contributed by atoms with van der Waals surface area (Å²) in [7, 11) is 0. The molecule has 4 aromatic carbocycles. The van der Waals surface area contributed by atoms with E-state index in [0.717, 1.165) is 88.5 Å². The van der Waals surface area contributed by atoms with E-state index in [-0.39, 0.29) is 48.0 Å². The minimum absolute atomic E-state index is 0.0170. The van der Waals surface area contributed by atoms with Gasteiger partial charge in [-0.2, -0.15) is 0 Å². The van der Waals surface area contributed by atoms with Crippen molar-refractivity contribution < 1.29 is 50.8 Å². The lowest BCUT2D eigenvalue weighted by molar-refractivity contribution is -0.155. The molecular weight excluding hydrogens is 1210 g/mol. The van der Waals surface area contributed by atoms with Crippen LogP contribution < -0.4 is 19.5 Å². The fraction of sp³-hybridized carbons (Fsp3) is 0.690. The SMILES string of the molecule is CCCCCCCCCCCCCCCCCCOc1cc(C(OC(=O)[C@H](C)NC(=O)OCc2ccccc2)(c2cc(F)cc(F)c2)c2cc(F)cc(F)c2)cc(OCCCCCCCCCCCCCCCCCC)c1OCCCCCCCCCCCCCCCCCC. The van der Waals surface area contributed by atoms with Gasteiger partial charge >= 0.3 is 12.1 Å². The van der Waals surface area contributed by atoms with Gasteiger partial charge in [0.25, 0.3) is 0 Å². The van der Waals surface area contributed by atoms with Crippen LogP contribution in [-0.4, -0.2) is 37.9 Å². The van der Waals surface area contributed by atoms with Crippen molar-refractivity contribution in [2.45, 2.75) is 354 Å². The molecule has 96 heavy (non-hydrogen) atoms. The summed E-state index contributed by atoms with van der Waals surface area (Å²) in [5, 5.41) is 2.52. The zero-order valence-electron chi connectivity index (χ0n) is 60.7. The second-order valence-corrected chi connectivity index (χ2v) is 27.6. The second kappa shape index (κ2) is 54.6. The molecular formula is C84H131F4NO7. The number of nitrogens with one attached hydrogen (secondary N) is 1. The Morgan fingerprint density at radius 1 is 0.365 bits per heavy atom. The Morgan fingerprint density at radius 3 is 0.938 bits per heavy atom. The van der Waals surface area contributed by atoms with Gasteiger partial charge in [0, 0.05) is 28.8 Å². The Kier molecular flexibility index (Phi) is 47.3. The van der Waals surface area contributed by atoms with Crippen molar-refractivity contribution in [1.29, 1.82) is 0 Å². The van der Waals surface area contributed by atoms with Crippen LogP contribution in [-0.2, 0) is 26.5 Å². The van der Waals surface area contributed by atoms with Crippen molar-refractivity contribution in [3.8, 4) is 17.2 Å². The maximum atomic E-state index is 15.9. The molecule has 0 spiro atoms. The molecule has 12 heteroatoms. The smallest absolute Gasteiger partial charge is 0.408 e. The summed E-state index contributed by atoms with van der Waals surface area (Å²) in [6.07, 6.45) is 57.7. The highest BCUT2D eigenvalue weighted by atomic mass is 19.1. The summed E-state index contributed by atoms with van der Waals surface area (Å²) in [5.74, 6) is -4.47. The van der Waals surface area contributed by atoms with Crippen molar-refractivity contribution in [2.24, 2.45) is 0 Å². The highest BCUT2D eigenvalue weighted by Crippen LogP contribution is 2.49. The van der Waals surface area contributed by atoms with Crippen molar-refractivity contribution >= 4 is 12.1 Å². The molecule has 0 unspecified atom stereocenters. The highest BCUT2D eigenvalue weighted by Gasteiger charge is 2.45. The standard InChI is InChI=1S/C84H131F4NO7/c1-5-8-11-14-17-20-23-26-29-32-35-38-41-44-47-53-58-92-79-65-74(84(72-61-75(85)67-76(86)62-72,73-63-77(87)68-78(88)64-73)96-82(90)70(4)89-83(91)95-69-71-56-51-50-52-57-71)66-80(93-59-54-48-45-42-39-36-33-30-27-24-21-18-15-12-9-6-2)81(79)94-60-55-49-46-43-40-37-34-31-28-25-22-19-16-13-10-7-3/h50-52,56-57,61-68,70H,5-49,53-55,58-60,69H2,1-4H3,(H,89,91)/t70-/m0/s1. The lowest BCUT2D eigenvalue weighted by Gasteiger charge is -2.37. The first kappa shape index (κ1) is 83.2. The number of esters is 1. The molecule has 0 heterocycles. The number of halogens is 4. The molecule has 4 rings (SSSR count). The molecule has 1 N–H and O–H groups in total. The Bertz CT molecular complexity index is 2430. The largest absolute Gasteiger partial charge is 0.490 e. The summed E-state index contributed by atoms with van der Waals surface area (Å²) in [4.78, 5) is 28.1. The molecule has 4 aromatic rings. The number of alkyl carbamates (subject to hydrolysis) is 1. The van der Waals surface area contributed by atoms with Gasteiger partial charge in [-0.05, 0) is 68.1 Å². The van der Waals surface area contributed by atoms with Crippen molar-refractivity contribution in [1.82, 2.24) is 5.32 Å². The van der Waals surface area contributed by atoms with Crippen LogP contribution in [0.2, 0.25) is 0 Å². The Hall–Kier alpha value is -5.26. The van der Waals surface area contributed by atoms with E-state index in [0.29, 0.717) is 42.9 Å². The summed E-state index contributed by atoms with van der Waals surface area (Å²) >= 11 is 0. The van der Waals surface area contributed by atoms with Gasteiger partial charge in [-0.3, -0.25) is 0 Å². The van der Waals surface area contributed by atoms with Gasteiger partial charge in [0.15, 0.2) is 17.1 Å². The maximum absolute atomic E-state index is 15.9. The fourth-order valence-corrected chi connectivity index (χ4v) is 13.1. The zero-order chi connectivity index (χ0) is 68.8. The lowest BCUT2D eigenvalue weighted by atomic mass is 9.79. The van der Waals surface area contributed by atoms with Gasteiger partial charge < -0.3 is 29.0 Å². The molecule has 1 atom stereocenters. The second-order valence-electron chi connectivity index (χ2n) is 27.6. The number of carbonyl (C=O) groups is 2. The predicted octanol–water partition coefficient (Wildman–Crippen LogP) is 26.3. The van der Waals surface area contributed by atoms with Crippen LogP contribution >= 0.6 is 0 Å². The van der Waals surface area contributed by atoms with Crippen LogP contribution in [0.3, 0.4) is 0 Å². The molecule has 0 aliphatic carbocycles. The fourth-order valence-electron chi connectivity index (χ4n) is 13.1. The number of benzene rings is 4. The predicted molar refractivity (Wildman–Crippen MR) is 389 cm³/mol. The molecule has 0 aliphatic heterocycles. The molecule has 0 saturated carbocycles. The van der Waals surface area contributed by atoms with Crippen molar-refractivity contribution in [3.63, 3.8) is 0 Å². The maximum Gasteiger partial charge on any atom is 0.408 e. The van der Waals surface area contributed by atoms with Crippen molar-refractivity contribution in [2.75, 3.05) is 19.8 Å². The Morgan fingerprint density at radius 2 is 0.635 bits per heavy atom. The normalized spacial score (nSPS) is 11.9. The van der Waals surface area contributed by atoms with Crippen LogP contribution in [0.25, 0.3) is 0 Å². The number of ether oxygens (including phenoxy) is 5. The highest BCUT2D eigenvalue weighted by molar-refractivity contribution is 5.82. The number of hydrogen-bond donors (Lipinski definition) is 1. The minimum Gasteiger partial charge on any atom is -0.490 e. The number of unbranched alkanes of at least 4 members (excludes halogenated alkanes) is 45. The van der Waals surface area contributed by atoms with Crippen LogP contribution in [0.4, 0.5) is 22.4 Å². The molecule has 0 bridgehead atoms. The number of carbonyl (C=O) groups excluding carboxylic acids is 2. The van der Waals surface area contributed by atoms with E-state index < -0.39 is 47.0 Å². The third kappa shape index (κ3) is 37.1. The van der Waals surface area contributed by atoms with Crippen LogP contribution in [0.5, 0.6) is 17.2 Å². The van der Waals surface area contributed by atoms with E-state index >= 15 is 17.6 Å². The van der Waals surface area contributed by atoms with E-state index in [9.17, 15) is 9.59 Å². The summed E-state index contributed by atoms with van der Waals surface area (Å²) in [6.45, 7) is 8.96. The molecule has 1 amide bonds. The molecule has 0 radical (unpaired) electrons. The molecule has 0 saturated heterocycles. The molecule has 0 aliphatic rings. The lowest BCUT2D eigenvalue weighted by Crippen LogP contribution is -2.45. The summed E-state index contributed by atoms with van der Waals surface area (Å²) in [6, 6.07) is 15.9. The number of amides is 1. The Labute approximate surface area is 581 Å². The van der Waals surface area contributed by atoms with E-state index in [1.165, 1.54) is 238 Å². The first-order chi connectivity index (χ1) is 47.0. The monoisotopic (exact) mass is 1340 g/mol. The van der Waals surface area contributed by atoms with Crippen LogP contribution in [0, 0.1) is 23.3 Å². The quantitative estimate of drug-likeness (QED) is 0.0204. The average molecular weight is 1340 g/mol. The first-order valence-electron chi connectivity index (χ1n) is 39.2. The van der Waals surface area contributed by atoms with Gasteiger partial charge in [0.2, 0.25) is 5.75 Å². The number of rotatable bonds is 62. The molecule has 0 fully saturated rings. The molecule has 0 aromatic heterocycles. The topological polar surface area (TPSA) is 92.3 Å². The van der Waals surface area contributed by atoms with E-state index in [1.807, 2.05) is 6.07 Å². The molecule has 8 nitrogen and oxygen atoms in total. The third-order valence-corrected chi connectivity index (χ3v) is 18.9. The van der Waals surface area contributed by atoms with Gasteiger partial charge in [0.1, 0.15) is 35.9 Å². The van der Waals surface area contributed by atoms with Gasteiger partial charge in [-0.15, -0.1) is 0 Å². The van der Waals surface area contributed by atoms with E-state index in [2.05, 4.69) is 26.1 Å². The average Bonchev–Trinajstić information content (AvgIpc) is 0.741. The zero-order valence-corrected chi connectivity index (χ0v) is 60.7. The first-order valence-corrected chi connectivity index (χ1v) is 39.2. The summed E-state index contributed by atoms with van der Waals surface area (Å²) < 4.78 is 95.9. The van der Waals surface area contributed by atoms with E-state index in [1.54, 1.807) is 36.4 Å². The van der Waals surface area contributed by atoms with Crippen molar-refractivity contribution in [3.05, 3.63) is 124 Å².